The van der Waals surface area contributed by atoms with Gasteiger partial charge >= 0.3 is 5.97 Å². The summed E-state index contributed by atoms with van der Waals surface area (Å²) in [6.45, 7) is 5.70. The van der Waals surface area contributed by atoms with Gasteiger partial charge in [0.2, 0.25) is 0 Å². The third kappa shape index (κ3) is 3.26. The zero-order chi connectivity index (χ0) is 17.8. The molecule has 0 aliphatic heterocycles. The van der Waals surface area contributed by atoms with Crippen LogP contribution in [-0.4, -0.2) is 35.6 Å². The molecule has 7 nitrogen and oxygen atoms in total. The SMILES string of the molecule is C=CCC(C(=O)O)c1nnc2c(CCC)nc(-c3cccnc3)cn12. The minimum Gasteiger partial charge on any atom is -0.481 e. The molecule has 3 heterocycles. The molecule has 0 amide bonds. The summed E-state index contributed by atoms with van der Waals surface area (Å²) < 4.78 is 1.74. The van der Waals surface area contributed by atoms with Crippen molar-refractivity contribution in [2.45, 2.75) is 32.1 Å². The molecule has 0 saturated heterocycles. The van der Waals surface area contributed by atoms with Crippen molar-refractivity contribution in [2.75, 3.05) is 0 Å². The average Bonchev–Trinajstić information content (AvgIpc) is 3.04. The number of allylic oxidation sites excluding steroid dienone is 1. The van der Waals surface area contributed by atoms with Crippen molar-refractivity contribution in [3.8, 4) is 11.3 Å². The fourth-order valence-electron chi connectivity index (χ4n) is 2.75. The number of fused-ring (bicyclic) bond motifs is 1. The quantitative estimate of drug-likeness (QED) is 0.666. The first-order chi connectivity index (χ1) is 12.2. The summed E-state index contributed by atoms with van der Waals surface area (Å²) in [7, 11) is 0. The lowest BCUT2D eigenvalue weighted by Gasteiger charge is -2.11. The van der Waals surface area contributed by atoms with E-state index in [1.54, 1.807) is 29.1 Å². The predicted octanol–water partition coefficient (Wildman–Crippen LogP) is 2.88. The molecule has 25 heavy (non-hydrogen) atoms. The maximum absolute atomic E-state index is 11.6. The Balaban J connectivity index is 2.22. The van der Waals surface area contributed by atoms with Crippen molar-refractivity contribution < 1.29 is 9.90 Å². The molecule has 3 aromatic rings. The Kier molecular flexibility index (Phi) is 4.83. The summed E-state index contributed by atoms with van der Waals surface area (Å²) in [4.78, 5) is 20.5. The third-order valence-electron chi connectivity index (χ3n) is 3.94. The fraction of sp³-hybridized carbons (Fsp3) is 0.278. The van der Waals surface area contributed by atoms with E-state index in [-0.39, 0.29) is 6.42 Å². The Morgan fingerprint density at radius 2 is 2.28 bits per heavy atom. The summed E-state index contributed by atoms with van der Waals surface area (Å²) >= 11 is 0. The number of nitrogens with zero attached hydrogens (tertiary/aromatic N) is 5. The van der Waals surface area contributed by atoms with Gasteiger partial charge in [0.25, 0.3) is 0 Å². The number of aromatic nitrogens is 5. The second kappa shape index (κ2) is 7.21. The molecule has 0 spiro atoms. The molecule has 0 aliphatic rings. The van der Waals surface area contributed by atoms with Gasteiger partial charge in [-0.1, -0.05) is 19.4 Å². The molecule has 1 unspecified atom stereocenters. The van der Waals surface area contributed by atoms with E-state index in [1.807, 2.05) is 12.1 Å². The summed E-state index contributed by atoms with van der Waals surface area (Å²) in [6.07, 6.45) is 8.70. The van der Waals surface area contributed by atoms with Gasteiger partial charge in [-0.3, -0.25) is 14.2 Å². The van der Waals surface area contributed by atoms with Crippen LogP contribution in [0.15, 0.2) is 43.4 Å². The van der Waals surface area contributed by atoms with Crippen LogP contribution in [0.25, 0.3) is 16.9 Å². The molecule has 0 fully saturated rings. The maximum atomic E-state index is 11.6. The summed E-state index contributed by atoms with van der Waals surface area (Å²) in [6, 6.07) is 3.75. The van der Waals surface area contributed by atoms with Gasteiger partial charge in [0.15, 0.2) is 11.5 Å². The van der Waals surface area contributed by atoms with Crippen LogP contribution in [0.4, 0.5) is 0 Å². The van der Waals surface area contributed by atoms with Gasteiger partial charge in [0.05, 0.1) is 11.4 Å². The number of pyridine rings is 1. The smallest absolute Gasteiger partial charge is 0.314 e. The van der Waals surface area contributed by atoms with Crippen molar-refractivity contribution in [3.05, 3.63) is 54.9 Å². The monoisotopic (exact) mass is 337 g/mol. The highest BCUT2D eigenvalue weighted by Gasteiger charge is 2.25. The summed E-state index contributed by atoms with van der Waals surface area (Å²) in [5.41, 5.74) is 2.97. The maximum Gasteiger partial charge on any atom is 0.314 e. The first kappa shape index (κ1) is 16.8. The minimum atomic E-state index is -0.953. The van der Waals surface area contributed by atoms with E-state index in [0.717, 1.165) is 24.1 Å². The first-order valence-electron chi connectivity index (χ1n) is 8.14. The molecule has 1 atom stereocenters. The van der Waals surface area contributed by atoms with Gasteiger partial charge in [0, 0.05) is 24.2 Å². The molecule has 0 saturated carbocycles. The van der Waals surface area contributed by atoms with Crippen LogP contribution in [-0.2, 0) is 11.2 Å². The number of aryl methyl sites for hydroxylation is 1. The van der Waals surface area contributed by atoms with Crippen LogP contribution >= 0.6 is 0 Å². The number of rotatable bonds is 7. The molecule has 3 aromatic heterocycles. The standard InChI is InChI=1S/C18H19N5O2/c1-3-6-13(18(24)25)16-21-22-17-14(7-4-2)20-15(11-23(16)17)12-8-5-9-19-10-12/h3,5,8-11,13H,1,4,6-7H2,2H3,(H,24,25). The van der Waals surface area contributed by atoms with E-state index in [2.05, 4.69) is 28.7 Å². The number of carboxylic acid groups (broad SMARTS) is 1. The summed E-state index contributed by atoms with van der Waals surface area (Å²) in [5, 5.41) is 17.9. The molecule has 0 aromatic carbocycles. The van der Waals surface area contributed by atoms with Crippen molar-refractivity contribution in [1.82, 2.24) is 24.6 Å². The Labute approximate surface area is 145 Å². The van der Waals surface area contributed by atoms with E-state index in [1.165, 1.54) is 0 Å². The van der Waals surface area contributed by atoms with Crippen LogP contribution in [0, 0.1) is 0 Å². The number of aliphatic carboxylic acids is 1. The van der Waals surface area contributed by atoms with Crippen molar-refractivity contribution in [3.63, 3.8) is 0 Å². The predicted molar refractivity (Wildman–Crippen MR) is 93.2 cm³/mol. The van der Waals surface area contributed by atoms with Crippen molar-refractivity contribution >= 4 is 11.6 Å². The van der Waals surface area contributed by atoms with Crippen LogP contribution in [0.5, 0.6) is 0 Å². The van der Waals surface area contributed by atoms with E-state index < -0.39 is 11.9 Å². The van der Waals surface area contributed by atoms with E-state index in [9.17, 15) is 9.90 Å². The zero-order valence-corrected chi connectivity index (χ0v) is 14.0. The second-order valence-corrected chi connectivity index (χ2v) is 5.73. The molecule has 3 rings (SSSR count). The largest absolute Gasteiger partial charge is 0.481 e. The molecular formula is C18H19N5O2. The van der Waals surface area contributed by atoms with Gasteiger partial charge in [-0.2, -0.15) is 0 Å². The van der Waals surface area contributed by atoms with Gasteiger partial charge in [-0.05, 0) is 25.0 Å². The van der Waals surface area contributed by atoms with E-state index in [4.69, 9.17) is 4.98 Å². The fourth-order valence-corrected chi connectivity index (χ4v) is 2.75. The molecule has 7 heteroatoms. The number of hydrogen-bond acceptors (Lipinski definition) is 5. The number of carbonyl (C=O) groups is 1. The number of hydrogen-bond donors (Lipinski definition) is 1. The van der Waals surface area contributed by atoms with Crippen molar-refractivity contribution in [1.29, 1.82) is 0 Å². The molecule has 1 N–H and O–H groups in total. The van der Waals surface area contributed by atoms with Gasteiger partial charge in [-0.15, -0.1) is 16.8 Å². The highest BCUT2D eigenvalue weighted by atomic mass is 16.4. The summed E-state index contributed by atoms with van der Waals surface area (Å²) in [5.74, 6) is -1.37. The van der Waals surface area contributed by atoms with Crippen LogP contribution in [0.3, 0.4) is 0 Å². The van der Waals surface area contributed by atoms with Crippen LogP contribution in [0.2, 0.25) is 0 Å². The molecule has 0 radical (unpaired) electrons. The van der Waals surface area contributed by atoms with E-state index in [0.29, 0.717) is 17.2 Å². The van der Waals surface area contributed by atoms with Crippen molar-refractivity contribution in [2.24, 2.45) is 0 Å². The Morgan fingerprint density at radius 1 is 1.44 bits per heavy atom. The normalized spacial score (nSPS) is 12.2. The Bertz CT molecular complexity index is 904. The van der Waals surface area contributed by atoms with Crippen LogP contribution < -0.4 is 0 Å². The Morgan fingerprint density at radius 3 is 2.92 bits per heavy atom. The average molecular weight is 337 g/mol. The lowest BCUT2D eigenvalue weighted by atomic mass is 10.1. The second-order valence-electron chi connectivity index (χ2n) is 5.73. The lowest BCUT2D eigenvalue weighted by molar-refractivity contribution is -0.138. The topological polar surface area (TPSA) is 93.3 Å². The Hall–Kier alpha value is -3.09. The molecule has 0 bridgehead atoms. The van der Waals surface area contributed by atoms with Gasteiger partial charge in [-0.25, -0.2) is 4.98 Å². The molecule has 0 aliphatic carbocycles. The van der Waals surface area contributed by atoms with E-state index >= 15 is 0 Å². The van der Waals surface area contributed by atoms with Gasteiger partial charge < -0.3 is 5.11 Å². The van der Waals surface area contributed by atoms with Gasteiger partial charge in [0.1, 0.15) is 5.92 Å². The third-order valence-corrected chi connectivity index (χ3v) is 3.94. The number of carboxylic acids is 1. The molecule has 128 valence electrons. The lowest BCUT2D eigenvalue weighted by Crippen LogP contribution is -2.15. The zero-order valence-electron chi connectivity index (χ0n) is 14.0. The van der Waals surface area contributed by atoms with Crippen LogP contribution in [0.1, 0.15) is 37.2 Å². The molecular weight excluding hydrogens is 318 g/mol. The first-order valence-corrected chi connectivity index (χ1v) is 8.14. The minimum absolute atomic E-state index is 0.282. The highest BCUT2D eigenvalue weighted by molar-refractivity contribution is 5.75. The highest BCUT2D eigenvalue weighted by Crippen LogP contribution is 2.24.